The van der Waals surface area contributed by atoms with Crippen LogP contribution in [-0.2, 0) is 25.1 Å². The average Bonchev–Trinajstić information content (AvgIpc) is 3.28. The zero-order valence-electron chi connectivity index (χ0n) is 19.3. The van der Waals surface area contributed by atoms with Crippen molar-refractivity contribution in [3.8, 4) is 0 Å². The molecule has 0 bridgehead atoms. The topological polar surface area (TPSA) is 84.8 Å². The van der Waals surface area contributed by atoms with Crippen molar-refractivity contribution in [2.75, 3.05) is 12.3 Å². The highest BCUT2D eigenvalue weighted by molar-refractivity contribution is 7.92. The van der Waals surface area contributed by atoms with Crippen molar-refractivity contribution in [3.05, 3.63) is 75.8 Å². The monoisotopic (exact) mass is 612 g/mol. The molecule has 0 spiro atoms. The second-order valence-electron chi connectivity index (χ2n) is 8.60. The minimum absolute atomic E-state index is 0.0247. The Morgan fingerprint density at radius 3 is 2.18 bits per heavy atom. The number of benzene rings is 3. The van der Waals surface area contributed by atoms with Gasteiger partial charge in [-0.25, -0.2) is 8.42 Å². The van der Waals surface area contributed by atoms with E-state index in [4.69, 9.17) is 28.0 Å². The van der Waals surface area contributed by atoms with Crippen molar-refractivity contribution in [2.24, 2.45) is 5.16 Å². The van der Waals surface area contributed by atoms with Crippen molar-refractivity contribution < 1.29 is 44.4 Å². The zero-order chi connectivity index (χ0) is 28.8. The number of halogens is 8. The molecule has 0 saturated heterocycles. The van der Waals surface area contributed by atoms with Crippen LogP contribution in [-0.4, -0.2) is 44.7 Å². The molecule has 39 heavy (non-hydrogen) atoms. The maximum absolute atomic E-state index is 14.4. The summed E-state index contributed by atoms with van der Waals surface area (Å²) < 4.78 is 106. The number of rotatable bonds is 6. The third-order valence-electron chi connectivity index (χ3n) is 5.85. The summed E-state index contributed by atoms with van der Waals surface area (Å²) in [4.78, 5) is 16.5. The van der Waals surface area contributed by atoms with Crippen LogP contribution in [0.1, 0.15) is 17.5 Å². The van der Waals surface area contributed by atoms with Crippen LogP contribution in [0.5, 0.6) is 0 Å². The SMILES string of the molecule is O=C(CS(=O)(=O)c1ccc(C2=NO[C@@](c3cc(Cl)cc(Cl)c3)(C(F)(F)F)C2)c2ccccc12)NCC(F)(F)F. The van der Waals surface area contributed by atoms with E-state index in [9.17, 15) is 39.6 Å². The molecule has 0 fully saturated rings. The summed E-state index contributed by atoms with van der Waals surface area (Å²) in [5.41, 5.74) is -3.37. The molecule has 0 aliphatic carbocycles. The first-order valence-electron chi connectivity index (χ1n) is 10.9. The van der Waals surface area contributed by atoms with Gasteiger partial charge in [0.25, 0.3) is 5.60 Å². The molecule has 1 aliphatic heterocycles. The van der Waals surface area contributed by atoms with E-state index >= 15 is 0 Å². The van der Waals surface area contributed by atoms with Crippen LogP contribution in [0, 0.1) is 0 Å². The molecule has 15 heteroatoms. The number of hydrogen-bond donors (Lipinski definition) is 1. The van der Waals surface area contributed by atoms with Gasteiger partial charge in [-0.05, 0) is 29.7 Å². The first-order chi connectivity index (χ1) is 18.0. The Morgan fingerprint density at radius 2 is 1.59 bits per heavy atom. The van der Waals surface area contributed by atoms with Crippen LogP contribution in [0.4, 0.5) is 26.3 Å². The van der Waals surface area contributed by atoms with E-state index in [1.807, 2.05) is 0 Å². The van der Waals surface area contributed by atoms with E-state index in [2.05, 4.69) is 5.16 Å². The predicted octanol–water partition coefficient (Wildman–Crippen LogP) is 6.18. The number of nitrogens with one attached hydrogen (secondary N) is 1. The molecule has 1 N–H and O–H groups in total. The fourth-order valence-electron chi connectivity index (χ4n) is 4.13. The van der Waals surface area contributed by atoms with E-state index in [-0.39, 0.29) is 37.7 Å². The standard InChI is InChI=1S/C24H16Cl2F6N2O4S/c25-14-7-13(8-15(26)9-14)22(24(30,31)32)10-19(34-38-22)17-5-6-20(18-4-2-1-3-16(17)18)39(36,37)11-21(35)33-12-23(27,28)29/h1-9H,10-12H2,(H,33,35)/t22-/m0/s1. The van der Waals surface area contributed by atoms with Crippen LogP contribution < -0.4 is 5.32 Å². The number of hydrogen-bond acceptors (Lipinski definition) is 5. The normalized spacial score (nSPS) is 18.1. The minimum atomic E-state index is -4.96. The first kappa shape index (κ1) is 29.0. The van der Waals surface area contributed by atoms with Crippen molar-refractivity contribution in [3.63, 3.8) is 0 Å². The van der Waals surface area contributed by atoms with Gasteiger partial charge in [-0.2, -0.15) is 26.3 Å². The molecule has 3 aromatic carbocycles. The summed E-state index contributed by atoms with van der Waals surface area (Å²) in [6.07, 6.45) is -10.5. The lowest BCUT2D eigenvalue weighted by molar-refractivity contribution is -0.275. The quantitative estimate of drug-likeness (QED) is 0.337. The second-order valence-corrected chi connectivity index (χ2v) is 11.4. The Kier molecular flexibility index (Phi) is 7.56. The van der Waals surface area contributed by atoms with Gasteiger partial charge in [0.2, 0.25) is 5.91 Å². The van der Waals surface area contributed by atoms with E-state index < -0.39 is 57.3 Å². The minimum Gasteiger partial charge on any atom is -0.374 e. The van der Waals surface area contributed by atoms with Crippen LogP contribution >= 0.6 is 23.2 Å². The number of fused-ring (bicyclic) bond motifs is 1. The smallest absolute Gasteiger partial charge is 0.374 e. The zero-order valence-corrected chi connectivity index (χ0v) is 21.7. The highest BCUT2D eigenvalue weighted by Gasteiger charge is 2.62. The number of alkyl halides is 6. The van der Waals surface area contributed by atoms with Crippen LogP contribution in [0.2, 0.25) is 10.0 Å². The Balaban J connectivity index is 1.72. The molecular weight excluding hydrogens is 597 g/mol. The highest BCUT2D eigenvalue weighted by atomic mass is 35.5. The number of nitrogens with zero attached hydrogens (tertiary/aromatic N) is 1. The molecule has 0 radical (unpaired) electrons. The lowest BCUT2D eigenvalue weighted by Crippen LogP contribution is -2.42. The predicted molar refractivity (Wildman–Crippen MR) is 131 cm³/mol. The molecule has 0 aromatic heterocycles. The molecule has 208 valence electrons. The second kappa shape index (κ2) is 10.2. The summed E-state index contributed by atoms with van der Waals surface area (Å²) in [6.45, 7) is -1.71. The largest absolute Gasteiger partial charge is 0.435 e. The van der Waals surface area contributed by atoms with E-state index in [1.54, 1.807) is 0 Å². The van der Waals surface area contributed by atoms with E-state index in [0.717, 1.165) is 18.2 Å². The van der Waals surface area contributed by atoms with Crippen molar-refractivity contribution >= 4 is 55.4 Å². The fraction of sp³-hybridized carbons (Fsp3) is 0.250. The van der Waals surface area contributed by atoms with Crippen molar-refractivity contribution in [1.29, 1.82) is 0 Å². The molecule has 1 atom stereocenters. The Morgan fingerprint density at radius 1 is 0.974 bits per heavy atom. The number of amides is 1. The number of carbonyl (C=O) groups excluding carboxylic acids is 1. The lowest BCUT2D eigenvalue weighted by Gasteiger charge is -2.29. The van der Waals surface area contributed by atoms with Gasteiger partial charge in [0.15, 0.2) is 9.84 Å². The number of sulfone groups is 1. The number of oxime groups is 1. The third kappa shape index (κ3) is 5.94. The van der Waals surface area contributed by atoms with E-state index in [0.29, 0.717) is 0 Å². The maximum Gasteiger partial charge on any atom is 0.435 e. The highest BCUT2D eigenvalue weighted by Crippen LogP contribution is 2.50. The van der Waals surface area contributed by atoms with Crippen molar-refractivity contribution in [1.82, 2.24) is 5.32 Å². The number of carbonyl (C=O) groups is 1. The Bertz CT molecular complexity index is 1570. The summed E-state index contributed by atoms with van der Waals surface area (Å²) in [5.74, 6) is -2.65. The van der Waals surface area contributed by atoms with Gasteiger partial charge in [0, 0.05) is 33.0 Å². The van der Waals surface area contributed by atoms with Gasteiger partial charge in [0.05, 0.1) is 10.6 Å². The van der Waals surface area contributed by atoms with Gasteiger partial charge in [-0.3, -0.25) is 4.79 Å². The van der Waals surface area contributed by atoms with Crippen molar-refractivity contribution in [2.45, 2.75) is 29.3 Å². The van der Waals surface area contributed by atoms with Crippen LogP contribution in [0.3, 0.4) is 0 Å². The van der Waals surface area contributed by atoms with Gasteiger partial charge < -0.3 is 10.2 Å². The lowest BCUT2D eigenvalue weighted by atomic mass is 9.85. The van der Waals surface area contributed by atoms with E-state index in [1.165, 1.54) is 41.7 Å². The molecule has 1 aliphatic rings. The molecule has 1 heterocycles. The molecule has 0 saturated carbocycles. The molecular formula is C24H16Cl2F6N2O4S. The van der Waals surface area contributed by atoms with Gasteiger partial charge in [-0.1, -0.05) is 58.7 Å². The van der Waals surface area contributed by atoms with Crippen LogP contribution in [0.15, 0.2) is 64.6 Å². The molecule has 6 nitrogen and oxygen atoms in total. The first-order valence-corrected chi connectivity index (χ1v) is 13.3. The molecule has 1 amide bonds. The molecule has 3 aromatic rings. The summed E-state index contributed by atoms with van der Waals surface area (Å²) in [5, 5.41) is 5.26. The molecule has 0 unspecified atom stereocenters. The fourth-order valence-corrected chi connectivity index (χ4v) is 6.05. The Hall–Kier alpha value is -3.03. The third-order valence-corrected chi connectivity index (χ3v) is 7.96. The molecule has 4 rings (SSSR count). The summed E-state index contributed by atoms with van der Waals surface area (Å²) >= 11 is 11.8. The van der Waals surface area contributed by atoms with Gasteiger partial charge in [0.1, 0.15) is 12.3 Å². The Labute approximate surface area is 227 Å². The average molecular weight is 613 g/mol. The maximum atomic E-state index is 14.4. The van der Waals surface area contributed by atoms with Gasteiger partial charge >= 0.3 is 12.4 Å². The summed E-state index contributed by atoms with van der Waals surface area (Å²) in [7, 11) is -4.45. The summed E-state index contributed by atoms with van der Waals surface area (Å²) in [6, 6.07) is 11.3. The van der Waals surface area contributed by atoms with Gasteiger partial charge in [-0.15, -0.1) is 0 Å². The van der Waals surface area contributed by atoms with Crippen LogP contribution in [0.25, 0.3) is 10.8 Å².